The van der Waals surface area contributed by atoms with Crippen molar-refractivity contribution in [3.05, 3.63) is 79.1 Å². The number of benzene rings is 2. The fraction of sp³-hybridized carbons (Fsp3) is 0.286. The summed E-state index contributed by atoms with van der Waals surface area (Å²) in [5.41, 5.74) is 9.27. The van der Waals surface area contributed by atoms with Gasteiger partial charge in [-0.15, -0.1) is 0 Å². The number of aromatic carboxylic acids is 1. The third-order valence-electron chi connectivity index (χ3n) is 6.19. The summed E-state index contributed by atoms with van der Waals surface area (Å²) in [5, 5.41) is 30.9. The molecule has 0 saturated heterocycles. The Labute approximate surface area is 271 Å². The van der Waals surface area contributed by atoms with Crippen LogP contribution in [0.15, 0.2) is 24.3 Å². The molecule has 0 unspecified atom stereocenters. The molecule has 0 radical (unpaired) electrons. The Bertz CT molecular complexity index is 1520. The van der Waals surface area contributed by atoms with Gasteiger partial charge in [0.15, 0.2) is 0 Å². The number of carbonyl (C=O) groups excluding carboxylic acids is 1. The van der Waals surface area contributed by atoms with Crippen LogP contribution in [0.3, 0.4) is 0 Å². The number of aryl methyl sites for hydroxylation is 4. The number of aromatic nitrogens is 4. The number of nitrogens with zero attached hydrogens (tertiary/aromatic N) is 2. The Hall–Kier alpha value is -2.70. The number of methoxy groups -OCH3 is 1. The molecular formula is C28H33Cl2N4NaO6. The van der Waals surface area contributed by atoms with Crippen LogP contribution in [0.4, 0.5) is 0 Å². The molecular weight excluding hydrogens is 582 g/mol. The largest absolute Gasteiger partial charge is 1.00 e. The third-order valence-corrected chi connectivity index (χ3v) is 6.93. The van der Waals surface area contributed by atoms with Crippen molar-refractivity contribution in [3.8, 4) is 22.5 Å². The fourth-order valence-electron chi connectivity index (χ4n) is 4.05. The molecule has 2 aromatic carbocycles. The average molecular weight is 615 g/mol. The normalized spacial score (nSPS) is 9.73. The number of aliphatic hydroxyl groups is 1. The zero-order chi connectivity index (χ0) is 29.6. The minimum absolute atomic E-state index is 0. The van der Waals surface area contributed by atoms with Gasteiger partial charge in [-0.05, 0) is 75.9 Å². The van der Waals surface area contributed by atoms with Crippen molar-refractivity contribution in [2.24, 2.45) is 0 Å². The Morgan fingerprint density at radius 3 is 1.41 bits per heavy atom. The number of H-pyrrole nitrogens is 2. The number of esters is 1. The van der Waals surface area contributed by atoms with E-state index in [-0.39, 0.29) is 46.6 Å². The van der Waals surface area contributed by atoms with Gasteiger partial charge in [0.25, 0.3) is 0 Å². The molecule has 0 bridgehead atoms. The fourth-order valence-corrected chi connectivity index (χ4v) is 4.32. The summed E-state index contributed by atoms with van der Waals surface area (Å²) in [6, 6.07) is 7.24. The van der Waals surface area contributed by atoms with Crippen molar-refractivity contribution in [1.82, 2.24) is 20.4 Å². The maximum absolute atomic E-state index is 11.7. The summed E-state index contributed by atoms with van der Waals surface area (Å²) < 4.78 is 4.79. The number of hydrogen-bond donors (Lipinski definition) is 4. The third kappa shape index (κ3) is 8.65. The van der Waals surface area contributed by atoms with Crippen LogP contribution >= 0.6 is 23.2 Å². The maximum Gasteiger partial charge on any atom is 1.00 e. The smallest absolute Gasteiger partial charge is 0.870 e. The molecule has 0 spiro atoms. The van der Waals surface area contributed by atoms with E-state index in [9.17, 15) is 9.59 Å². The molecule has 0 aliphatic carbocycles. The van der Waals surface area contributed by atoms with Crippen molar-refractivity contribution in [2.45, 2.75) is 41.5 Å². The van der Waals surface area contributed by atoms with Gasteiger partial charge in [-0.25, -0.2) is 9.59 Å². The molecule has 0 atom stereocenters. The van der Waals surface area contributed by atoms with E-state index in [1.54, 1.807) is 19.1 Å². The van der Waals surface area contributed by atoms with Gasteiger partial charge in [-0.1, -0.05) is 35.3 Å². The van der Waals surface area contributed by atoms with Crippen molar-refractivity contribution in [1.29, 1.82) is 0 Å². The number of carboxylic acids is 1. The van der Waals surface area contributed by atoms with Crippen LogP contribution in [0.5, 0.6) is 0 Å². The first-order chi connectivity index (χ1) is 18.4. The number of halogens is 2. The number of hydrogen-bond acceptors (Lipinski definition) is 7. The molecule has 5 N–H and O–H groups in total. The van der Waals surface area contributed by atoms with Crippen molar-refractivity contribution in [2.75, 3.05) is 14.2 Å². The van der Waals surface area contributed by atoms with Gasteiger partial charge in [0, 0.05) is 29.4 Å². The Balaban J connectivity index is 0.000000704. The summed E-state index contributed by atoms with van der Waals surface area (Å²) >= 11 is 11.9. The average Bonchev–Trinajstić information content (AvgIpc) is 3.40. The second-order valence-electron chi connectivity index (χ2n) is 8.78. The zero-order valence-corrected chi connectivity index (χ0v) is 28.0. The number of aromatic amines is 2. The minimum atomic E-state index is -0.937. The SMILES string of the molecule is CO.COC(=O)c1cc(-c2n[nH]c(Cl)c2C)c(C)cc1C.Cc1cc(C)c(-c2n[nH]c(Cl)c2C)cc1C(=O)O.[Na+].[OH-]. The van der Waals surface area contributed by atoms with Gasteiger partial charge in [-0.2, -0.15) is 10.2 Å². The van der Waals surface area contributed by atoms with Crippen molar-refractivity contribution >= 4 is 35.1 Å². The minimum Gasteiger partial charge on any atom is -0.870 e. The van der Waals surface area contributed by atoms with Gasteiger partial charge >= 0.3 is 41.5 Å². The first kappa shape index (κ1) is 38.3. The van der Waals surface area contributed by atoms with E-state index in [1.807, 2.05) is 46.8 Å². The number of rotatable bonds is 4. The molecule has 0 saturated carbocycles. The molecule has 216 valence electrons. The Kier molecular flexibility index (Phi) is 15.6. The predicted molar refractivity (Wildman–Crippen MR) is 155 cm³/mol. The van der Waals surface area contributed by atoms with Gasteiger partial charge in [-0.3, -0.25) is 10.2 Å². The molecule has 0 amide bonds. The Morgan fingerprint density at radius 2 is 1.10 bits per heavy atom. The molecule has 41 heavy (non-hydrogen) atoms. The quantitative estimate of drug-likeness (QED) is 0.200. The number of ether oxygens (including phenoxy) is 1. The summed E-state index contributed by atoms with van der Waals surface area (Å²) in [6.07, 6.45) is 0. The van der Waals surface area contributed by atoms with Crippen LogP contribution in [0, 0.1) is 41.5 Å². The molecule has 0 aliphatic heterocycles. The van der Waals surface area contributed by atoms with Crippen molar-refractivity contribution < 1.29 is 59.6 Å². The van der Waals surface area contributed by atoms with Crippen LogP contribution in [0.1, 0.15) is 54.1 Å². The van der Waals surface area contributed by atoms with E-state index >= 15 is 0 Å². The topological polar surface area (TPSA) is 171 Å². The standard InChI is InChI=1S/C14H15ClN2O2.C13H13ClN2O2.CH4O.Na.H2O/c1-7-5-8(2)11(14(18)19-4)6-10(7)12-9(3)13(15)17-16-12;1-6-4-7(2)10(13(17)18)5-9(6)11-8(3)12(14)16-15-11;1-2;;/h5-6H,1-4H3,(H,16,17);4-5H,1-3H3,(H,15,16)(H,17,18);2H,1H3;;1H2/q;;;+1;/p-1. The van der Waals surface area contributed by atoms with Crippen LogP contribution in [-0.4, -0.2) is 62.2 Å². The van der Waals surface area contributed by atoms with E-state index in [0.717, 1.165) is 57.3 Å². The van der Waals surface area contributed by atoms with Crippen LogP contribution in [0.25, 0.3) is 22.5 Å². The first-order valence-corrected chi connectivity index (χ1v) is 12.5. The second kappa shape index (κ2) is 16.7. The van der Waals surface area contributed by atoms with E-state index < -0.39 is 5.97 Å². The molecule has 4 aromatic rings. The second-order valence-corrected chi connectivity index (χ2v) is 9.54. The number of carboxylic acid groups (broad SMARTS) is 1. The summed E-state index contributed by atoms with van der Waals surface area (Å²) in [6.45, 7) is 11.3. The molecule has 13 heteroatoms. The Morgan fingerprint density at radius 1 is 0.732 bits per heavy atom. The van der Waals surface area contributed by atoms with E-state index in [1.165, 1.54) is 7.11 Å². The first-order valence-electron chi connectivity index (χ1n) is 11.8. The molecule has 2 heterocycles. The number of carbonyl (C=O) groups is 2. The van der Waals surface area contributed by atoms with Crippen LogP contribution in [-0.2, 0) is 4.74 Å². The monoisotopic (exact) mass is 614 g/mol. The van der Waals surface area contributed by atoms with E-state index in [2.05, 4.69) is 20.4 Å². The maximum atomic E-state index is 11.7. The van der Waals surface area contributed by atoms with Gasteiger partial charge in [0.05, 0.1) is 29.6 Å². The molecule has 10 nitrogen and oxygen atoms in total. The zero-order valence-electron chi connectivity index (χ0n) is 24.5. The van der Waals surface area contributed by atoms with E-state index in [4.69, 9.17) is 38.2 Å². The van der Waals surface area contributed by atoms with Gasteiger partial charge < -0.3 is 20.4 Å². The number of nitrogens with one attached hydrogen (secondary N) is 2. The molecule has 0 aliphatic rings. The molecule has 2 aromatic heterocycles. The van der Waals surface area contributed by atoms with E-state index in [0.29, 0.717) is 21.6 Å². The number of aliphatic hydroxyl groups excluding tert-OH is 1. The summed E-state index contributed by atoms with van der Waals surface area (Å²) in [7, 11) is 2.37. The summed E-state index contributed by atoms with van der Waals surface area (Å²) in [4.78, 5) is 22.9. The molecule has 4 rings (SSSR count). The predicted octanol–water partition coefficient (Wildman–Crippen LogP) is 3.23. The van der Waals surface area contributed by atoms with Crippen molar-refractivity contribution in [3.63, 3.8) is 0 Å². The summed E-state index contributed by atoms with van der Waals surface area (Å²) in [5.74, 6) is -1.29. The van der Waals surface area contributed by atoms with Gasteiger partial charge in [0.1, 0.15) is 10.3 Å². The van der Waals surface area contributed by atoms with Gasteiger partial charge in [0.2, 0.25) is 0 Å². The molecule has 0 fully saturated rings. The van der Waals surface area contributed by atoms with Crippen LogP contribution in [0.2, 0.25) is 10.3 Å². The van der Waals surface area contributed by atoms with Crippen LogP contribution < -0.4 is 29.6 Å².